The molecule has 0 bridgehead atoms. The Kier molecular flexibility index (Phi) is 7.08. The fraction of sp³-hybridized carbons (Fsp3) is 0.800. The maximum Gasteiger partial charge on any atom is 0.0766 e. The second-order valence-corrected chi connectivity index (χ2v) is 5.89. The molecular formula is C15H28BrN3. The van der Waals surface area contributed by atoms with Crippen molar-refractivity contribution in [2.75, 3.05) is 6.54 Å². The van der Waals surface area contributed by atoms with Crippen molar-refractivity contribution in [2.24, 2.45) is 5.92 Å². The van der Waals surface area contributed by atoms with Gasteiger partial charge >= 0.3 is 0 Å². The highest BCUT2D eigenvalue weighted by Gasteiger charge is 2.21. The molecule has 1 N–H and O–H groups in total. The van der Waals surface area contributed by atoms with Gasteiger partial charge in [0.25, 0.3) is 0 Å². The van der Waals surface area contributed by atoms with Crippen molar-refractivity contribution < 1.29 is 0 Å². The molecule has 0 aliphatic rings. The number of aryl methyl sites for hydroxylation is 2. The van der Waals surface area contributed by atoms with Crippen LogP contribution in [0.1, 0.15) is 52.4 Å². The number of aromatic nitrogens is 2. The first-order valence-electron chi connectivity index (χ1n) is 7.56. The summed E-state index contributed by atoms with van der Waals surface area (Å²) in [5.41, 5.74) is 2.54. The van der Waals surface area contributed by atoms with Gasteiger partial charge in [0.1, 0.15) is 0 Å². The van der Waals surface area contributed by atoms with E-state index in [0.717, 1.165) is 25.9 Å². The Morgan fingerprint density at radius 2 is 1.95 bits per heavy atom. The quantitative estimate of drug-likeness (QED) is 0.786. The smallest absolute Gasteiger partial charge is 0.0766 e. The number of rotatable bonds is 8. The summed E-state index contributed by atoms with van der Waals surface area (Å²) in [7, 11) is 0. The van der Waals surface area contributed by atoms with Crippen LogP contribution in [0.3, 0.4) is 0 Å². The Labute approximate surface area is 126 Å². The summed E-state index contributed by atoms with van der Waals surface area (Å²) in [6.45, 7) is 13.0. The van der Waals surface area contributed by atoms with E-state index in [-0.39, 0.29) is 0 Å². The van der Waals surface area contributed by atoms with Crippen LogP contribution >= 0.6 is 15.9 Å². The minimum absolute atomic E-state index is 0.548. The van der Waals surface area contributed by atoms with E-state index < -0.39 is 0 Å². The topological polar surface area (TPSA) is 29.9 Å². The average molecular weight is 330 g/mol. The van der Waals surface area contributed by atoms with E-state index in [1.807, 2.05) is 0 Å². The van der Waals surface area contributed by atoms with Gasteiger partial charge in [0.15, 0.2) is 0 Å². The van der Waals surface area contributed by atoms with Gasteiger partial charge in [0.2, 0.25) is 0 Å². The number of nitrogens with one attached hydrogen (secondary N) is 1. The van der Waals surface area contributed by atoms with Gasteiger partial charge in [-0.1, -0.05) is 27.2 Å². The maximum absolute atomic E-state index is 4.69. The fourth-order valence-corrected chi connectivity index (χ4v) is 3.35. The summed E-state index contributed by atoms with van der Waals surface area (Å²) in [4.78, 5) is 0. The lowest BCUT2D eigenvalue weighted by molar-refractivity contribution is 0.358. The molecule has 1 aromatic heterocycles. The molecular weight excluding hydrogens is 302 g/mol. The minimum Gasteiger partial charge on any atom is -0.314 e. The minimum atomic E-state index is 0.548. The molecule has 0 saturated carbocycles. The Balaban J connectivity index is 2.92. The molecule has 110 valence electrons. The number of hydrogen-bond donors (Lipinski definition) is 1. The van der Waals surface area contributed by atoms with Crippen LogP contribution in [-0.2, 0) is 19.4 Å². The molecule has 0 saturated heterocycles. The lowest BCUT2D eigenvalue weighted by atomic mass is 9.92. The molecule has 1 rings (SSSR count). The predicted octanol–water partition coefficient (Wildman–Crippen LogP) is 3.79. The van der Waals surface area contributed by atoms with Gasteiger partial charge in [0.05, 0.1) is 15.9 Å². The third kappa shape index (κ3) is 4.06. The van der Waals surface area contributed by atoms with Crippen LogP contribution in [-0.4, -0.2) is 22.4 Å². The molecule has 3 nitrogen and oxygen atoms in total. The largest absolute Gasteiger partial charge is 0.314 e. The molecule has 19 heavy (non-hydrogen) atoms. The molecule has 0 amide bonds. The first-order chi connectivity index (χ1) is 9.08. The van der Waals surface area contributed by atoms with Gasteiger partial charge in [-0.05, 0) is 55.1 Å². The van der Waals surface area contributed by atoms with Gasteiger partial charge in [-0.3, -0.25) is 4.68 Å². The van der Waals surface area contributed by atoms with Crippen LogP contribution < -0.4 is 5.32 Å². The molecule has 4 heteroatoms. The molecule has 0 aliphatic heterocycles. The normalized spacial score (nSPS) is 14.6. The van der Waals surface area contributed by atoms with E-state index in [1.165, 1.54) is 22.3 Å². The van der Waals surface area contributed by atoms with E-state index in [4.69, 9.17) is 0 Å². The van der Waals surface area contributed by atoms with E-state index in [2.05, 4.69) is 65.6 Å². The van der Waals surface area contributed by atoms with Crippen molar-refractivity contribution in [3.8, 4) is 0 Å². The summed E-state index contributed by atoms with van der Waals surface area (Å²) in [6, 6.07) is 0.548. The monoisotopic (exact) mass is 329 g/mol. The van der Waals surface area contributed by atoms with Crippen molar-refractivity contribution in [3.05, 3.63) is 15.9 Å². The second-order valence-electron chi connectivity index (χ2n) is 5.10. The number of halogens is 1. The van der Waals surface area contributed by atoms with Crippen molar-refractivity contribution >= 4 is 15.9 Å². The summed E-state index contributed by atoms with van der Waals surface area (Å²) < 4.78 is 3.38. The molecule has 0 spiro atoms. The Hall–Kier alpha value is -0.350. The molecule has 0 radical (unpaired) electrons. The van der Waals surface area contributed by atoms with Gasteiger partial charge in [-0.25, -0.2) is 0 Å². The highest BCUT2D eigenvalue weighted by Crippen LogP contribution is 2.26. The van der Waals surface area contributed by atoms with Crippen molar-refractivity contribution in [2.45, 2.75) is 66.5 Å². The standard InChI is InChI=1S/C15H28BrN3/c1-6-12(11(5)17-8-3)10-14-15(16)13(7-2)18-19(14)9-4/h11-12,17H,6-10H2,1-5H3. The Morgan fingerprint density at radius 3 is 2.42 bits per heavy atom. The molecule has 1 heterocycles. The van der Waals surface area contributed by atoms with Crippen molar-refractivity contribution in [3.63, 3.8) is 0 Å². The zero-order chi connectivity index (χ0) is 14.4. The lowest BCUT2D eigenvalue weighted by Gasteiger charge is -2.24. The zero-order valence-electron chi connectivity index (χ0n) is 13.0. The predicted molar refractivity (Wildman–Crippen MR) is 85.6 cm³/mol. The van der Waals surface area contributed by atoms with Crippen LogP contribution in [0.4, 0.5) is 0 Å². The average Bonchev–Trinajstić information content (AvgIpc) is 2.72. The molecule has 0 fully saturated rings. The second kappa shape index (κ2) is 8.05. The molecule has 2 atom stereocenters. The van der Waals surface area contributed by atoms with Crippen molar-refractivity contribution in [1.29, 1.82) is 0 Å². The number of hydrogen-bond acceptors (Lipinski definition) is 2. The SMILES string of the molecule is CCNC(C)C(CC)Cc1c(Br)c(CC)nn1CC. The molecule has 0 aliphatic carbocycles. The van der Waals surface area contributed by atoms with Gasteiger partial charge in [-0.15, -0.1) is 0 Å². The van der Waals surface area contributed by atoms with E-state index >= 15 is 0 Å². The summed E-state index contributed by atoms with van der Waals surface area (Å²) in [6.07, 6.45) is 3.27. The maximum atomic E-state index is 4.69. The van der Waals surface area contributed by atoms with Crippen LogP contribution in [0.5, 0.6) is 0 Å². The van der Waals surface area contributed by atoms with Gasteiger partial charge in [-0.2, -0.15) is 5.10 Å². The first kappa shape index (κ1) is 16.7. The highest BCUT2D eigenvalue weighted by molar-refractivity contribution is 9.10. The summed E-state index contributed by atoms with van der Waals surface area (Å²) in [5, 5.41) is 8.24. The first-order valence-corrected chi connectivity index (χ1v) is 8.35. The molecule has 0 aromatic carbocycles. The third-order valence-electron chi connectivity index (χ3n) is 3.91. The molecule has 1 aromatic rings. The van der Waals surface area contributed by atoms with Gasteiger partial charge in [0, 0.05) is 12.6 Å². The van der Waals surface area contributed by atoms with Crippen LogP contribution in [0, 0.1) is 5.92 Å². The van der Waals surface area contributed by atoms with E-state index in [9.17, 15) is 0 Å². The third-order valence-corrected chi connectivity index (χ3v) is 4.82. The van der Waals surface area contributed by atoms with E-state index in [1.54, 1.807) is 0 Å². The number of nitrogens with zero attached hydrogens (tertiary/aromatic N) is 2. The highest BCUT2D eigenvalue weighted by atomic mass is 79.9. The Morgan fingerprint density at radius 1 is 1.26 bits per heavy atom. The Bertz CT molecular complexity index is 387. The zero-order valence-corrected chi connectivity index (χ0v) is 14.5. The molecule has 2 unspecified atom stereocenters. The lowest BCUT2D eigenvalue weighted by Crippen LogP contribution is -2.34. The van der Waals surface area contributed by atoms with Crippen LogP contribution in [0.15, 0.2) is 4.47 Å². The summed E-state index contributed by atoms with van der Waals surface area (Å²) >= 11 is 3.75. The van der Waals surface area contributed by atoms with Crippen LogP contribution in [0.2, 0.25) is 0 Å². The van der Waals surface area contributed by atoms with Crippen molar-refractivity contribution in [1.82, 2.24) is 15.1 Å². The van der Waals surface area contributed by atoms with Crippen LogP contribution in [0.25, 0.3) is 0 Å². The van der Waals surface area contributed by atoms with Gasteiger partial charge < -0.3 is 5.32 Å². The van der Waals surface area contributed by atoms with E-state index in [0.29, 0.717) is 12.0 Å². The summed E-state index contributed by atoms with van der Waals surface area (Å²) in [5.74, 6) is 0.656. The fourth-order valence-electron chi connectivity index (χ4n) is 2.62.